The molecule has 2 aliphatic rings. The van der Waals surface area contributed by atoms with E-state index in [9.17, 15) is 18.3 Å². The first-order valence-electron chi connectivity index (χ1n) is 9.28. The molecule has 8 heteroatoms. The third kappa shape index (κ3) is 4.15. The molecular formula is C20H22F3N3OS. The first-order valence-corrected chi connectivity index (χ1v) is 10.1. The number of β-amino-alcohol motifs (C(OH)–C–C–N with tert-alkyl or cyclic N) is 1. The van der Waals surface area contributed by atoms with Crippen molar-refractivity contribution in [3.05, 3.63) is 48.0 Å². The van der Waals surface area contributed by atoms with Crippen LogP contribution in [0.3, 0.4) is 0 Å². The van der Waals surface area contributed by atoms with Gasteiger partial charge >= 0.3 is 6.18 Å². The van der Waals surface area contributed by atoms with Gasteiger partial charge in [-0.05, 0) is 30.3 Å². The number of hydrogen-bond acceptors (Lipinski definition) is 5. The van der Waals surface area contributed by atoms with Crippen molar-refractivity contribution >= 4 is 23.1 Å². The Labute approximate surface area is 166 Å². The fraction of sp³-hybridized carbons (Fsp3) is 0.400. The van der Waals surface area contributed by atoms with Gasteiger partial charge in [0.15, 0.2) is 0 Å². The zero-order chi connectivity index (χ0) is 19.7. The number of piperazine rings is 1. The Kier molecular flexibility index (Phi) is 5.55. The largest absolute Gasteiger partial charge is 0.416 e. The Hall–Kier alpha value is -1.74. The lowest BCUT2D eigenvalue weighted by atomic mass is 10.1. The lowest BCUT2D eigenvalue weighted by molar-refractivity contribution is -0.137. The van der Waals surface area contributed by atoms with Gasteiger partial charge in [-0.15, -0.1) is 0 Å². The summed E-state index contributed by atoms with van der Waals surface area (Å²) in [4.78, 5) is 5.74. The lowest BCUT2D eigenvalue weighted by Gasteiger charge is -2.36. The van der Waals surface area contributed by atoms with Crippen molar-refractivity contribution in [3.8, 4) is 0 Å². The van der Waals surface area contributed by atoms with Crippen LogP contribution in [-0.4, -0.2) is 55.4 Å². The molecule has 2 N–H and O–H groups in total. The van der Waals surface area contributed by atoms with Crippen molar-refractivity contribution in [2.24, 2.45) is 0 Å². The van der Waals surface area contributed by atoms with Crippen LogP contribution in [0.15, 0.2) is 52.3 Å². The van der Waals surface area contributed by atoms with E-state index in [-0.39, 0.29) is 6.54 Å². The first kappa shape index (κ1) is 19.6. The van der Waals surface area contributed by atoms with Gasteiger partial charge in [0.1, 0.15) is 0 Å². The summed E-state index contributed by atoms with van der Waals surface area (Å²) in [6, 6.07) is 11.5. The molecule has 2 heterocycles. The van der Waals surface area contributed by atoms with E-state index < -0.39 is 17.8 Å². The number of fused-ring (bicyclic) bond motifs is 2. The monoisotopic (exact) mass is 409 g/mol. The van der Waals surface area contributed by atoms with E-state index in [1.165, 1.54) is 23.9 Å². The zero-order valence-electron chi connectivity index (χ0n) is 15.2. The summed E-state index contributed by atoms with van der Waals surface area (Å²) >= 11 is 1.46. The highest BCUT2D eigenvalue weighted by Gasteiger charge is 2.33. The molecule has 0 aliphatic carbocycles. The molecule has 4 rings (SSSR count). The molecule has 2 aliphatic heterocycles. The number of aliphatic hydroxyl groups is 1. The number of alkyl halides is 3. The second-order valence-corrected chi connectivity index (χ2v) is 8.15. The summed E-state index contributed by atoms with van der Waals surface area (Å²) in [5, 5.41) is 14.0. The molecule has 2 aromatic rings. The Morgan fingerprint density at radius 3 is 2.46 bits per heavy atom. The summed E-state index contributed by atoms with van der Waals surface area (Å²) in [6.45, 7) is 4.23. The molecule has 1 unspecified atom stereocenters. The average molecular weight is 409 g/mol. The third-order valence-electron chi connectivity index (χ3n) is 5.02. The second-order valence-electron chi connectivity index (χ2n) is 7.07. The van der Waals surface area contributed by atoms with Crippen molar-refractivity contribution < 1.29 is 18.3 Å². The van der Waals surface area contributed by atoms with Crippen LogP contribution in [0.2, 0.25) is 0 Å². The number of para-hydroxylation sites is 1. The van der Waals surface area contributed by atoms with Gasteiger partial charge in [0.05, 0.1) is 29.6 Å². The number of aliphatic hydroxyl groups excluding tert-OH is 1. The van der Waals surface area contributed by atoms with E-state index in [4.69, 9.17) is 0 Å². The number of nitrogens with zero attached hydrogens (tertiary/aromatic N) is 2. The minimum Gasteiger partial charge on any atom is -0.390 e. The number of halogens is 3. The maximum atomic E-state index is 13.3. The highest BCUT2D eigenvalue weighted by Crippen LogP contribution is 2.49. The van der Waals surface area contributed by atoms with Crippen molar-refractivity contribution in [1.82, 2.24) is 10.2 Å². The van der Waals surface area contributed by atoms with Gasteiger partial charge < -0.3 is 15.3 Å². The summed E-state index contributed by atoms with van der Waals surface area (Å²) < 4.78 is 39.8. The average Bonchev–Trinajstić information content (AvgIpc) is 2.67. The smallest absolute Gasteiger partial charge is 0.390 e. The molecule has 0 saturated carbocycles. The van der Waals surface area contributed by atoms with Crippen LogP contribution in [0, 0.1) is 0 Å². The molecule has 150 valence electrons. The summed E-state index contributed by atoms with van der Waals surface area (Å²) in [5.41, 5.74) is 0.657. The van der Waals surface area contributed by atoms with Crippen LogP contribution in [0.1, 0.15) is 5.56 Å². The van der Waals surface area contributed by atoms with Crippen LogP contribution in [-0.2, 0) is 6.18 Å². The molecule has 0 spiro atoms. The maximum absolute atomic E-state index is 13.3. The third-order valence-corrected chi connectivity index (χ3v) is 6.16. The summed E-state index contributed by atoms with van der Waals surface area (Å²) in [7, 11) is 0. The molecule has 0 aromatic heterocycles. The molecule has 28 heavy (non-hydrogen) atoms. The molecular weight excluding hydrogens is 387 g/mol. The van der Waals surface area contributed by atoms with Crippen molar-refractivity contribution in [2.45, 2.75) is 22.1 Å². The number of anilines is 2. The molecule has 0 radical (unpaired) electrons. The van der Waals surface area contributed by atoms with Crippen LogP contribution in [0.25, 0.3) is 0 Å². The van der Waals surface area contributed by atoms with E-state index in [0.29, 0.717) is 12.2 Å². The Morgan fingerprint density at radius 2 is 1.71 bits per heavy atom. The number of nitrogens with one attached hydrogen (secondary N) is 1. The van der Waals surface area contributed by atoms with E-state index in [1.54, 1.807) is 0 Å². The molecule has 1 atom stereocenters. The van der Waals surface area contributed by atoms with E-state index in [1.807, 2.05) is 29.2 Å². The van der Waals surface area contributed by atoms with E-state index >= 15 is 0 Å². The van der Waals surface area contributed by atoms with Gasteiger partial charge in [-0.2, -0.15) is 13.2 Å². The molecule has 1 saturated heterocycles. The zero-order valence-corrected chi connectivity index (χ0v) is 16.1. The van der Waals surface area contributed by atoms with E-state index in [2.05, 4.69) is 10.2 Å². The van der Waals surface area contributed by atoms with Crippen LogP contribution in [0.5, 0.6) is 0 Å². The van der Waals surface area contributed by atoms with Gasteiger partial charge in [-0.25, -0.2) is 0 Å². The highest BCUT2D eigenvalue weighted by molar-refractivity contribution is 7.99. The minimum atomic E-state index is -4.40. The summed E-state index contributed by atoms with van der Waals surface area (Å²) in [5.74, 6) is 0. The number of rotatable bonds is 4. The minimum absolute atomic E-state index is 0.246. The lowest BCUT2D eigenvalue weighted by Crippen LogP contribution is -2.48. The van der Waals surface area contributed by atoms with Crippen LogP contribution < -0.4 is 10.2 Å². The van der Waals surface area contributed by atoms with Gasteiger partial charge in [-0.1, -0.05) is 23.9 Å². The van der Waals surface area contributed by atoms with Crippen molar-refractivity contribution in [2.75, 3.05) is 44.2 Å². The van der Waals surface area contributed by atoms with Crippen LogP contribution >= 0.6 is 11.8 Å². The first-order chi connectivity index (χ1) is 13.4. The van der Waals surface area contributed by atoms with Crippen molar-refractivity contribution in [1.29, 1.82) is 0 Å². The van der Waals surface area contributed by atoms with Gasteiger partial charge in [0.25, 0.3) is 0 Å². The fourth-order valence-corrected chi connectivity index (χ4v) is 4.74. The molecule has 2 aromatic carbocycles. The Bertz CT molecular complexity index is 840. The number of benzene rings is 2. The SMILES string of the molecule is OC(CN1CCNCC1)CN1c2ccccc2Sc2ccc(C(F)(F)F)cc21. The van der Waals surface area contributed by atoms with Gasteiger partial charge in [-0.3, -0.25) is 4.90 Å². The maximum Gasteiger partial charge on any atom is 0.416 e. The standard InChI is InChI=1S/C20H22F3N3OS/c21-20(22,23)14-5-6-19-17(11-14)26(16-3-1-2-4-18(16)28-19)13-15(27)12-25-9-7-24-8-10-25/h1-6,11,15,24,27H,7-10,12-13H2. The topological polar surface area (TPSA) is 38.7 Å². The molecule has 0 amide bonds. The fourth-order valence-electron chi connectivity index (χ4n) is 3.66. The molecule has 1 fully saturated rings. The highest BCUT2D eigenvalue weighted by atomic mass is 32.2. The second kappa shape index (κ2) is 7.94. The molecule has 0 bridgehead atoms. The molecule has 4 nitrogen and oxygen atoms in total. The van der Waals surface area contributed by atoms with E-state index in [0.717, 1.165) is 47.7 Å². The van der Waals surface area contributed by atoms with Crippen molar-refractivity contribution in [3.63, 3.8) is 0 Å². The predicted molar refractivity (Wildman–Crippen MR) is 104 cm³/mol. The van der Waals surface area contributed by atoms with Gasteiger partial charge in [0, 0.05) is 42.5 Å². The Balaban J connectivity index is 1.63. The van der Waals surface area contributed by atoms with Crippen LogP contribution in [0.4, 0.5) is 24.5 Å². The normalized spacial score (nSPS) is 18.5. The quantitative estimate of drug-likeness (QED) is 0.808. The number of hydrogen-bond donors (Lipinski definition) is 2. The van der Waals surface area contributed by atoms with Gasteiger partial charge in [0.2, 0.25) is 0 Å². The summed E-state index contributed by atoms with van der Waals surface area (Å²) in [6.07, 6.45) is -5.07. The predicted octanol–water partition coefficient (Wildman–Crippen LogP) is 3.57. The Morgan fingerprint density at radius 1 is 1.00 bits per heavy atom.